The fourth-order valence-electron chi connectivity index (χ4n) is 4.60. The van der Waals surface area contributed by atoms with Crippen LogP contribution in [0.25, 0.3) is 11.3 Å². The molecule has 2 heterocycles. The van der Waals surface area contributed by atoms with Gasteiger partial charge < -0.3 is 4.90 Å². The Labute approximate surface area is 143 Å². The SMILES string of the molecule is O=C(N1CCC1)[C@@]12CC[C@@H](C1)c1cc(-c3c(F)cccc3F)nnc12. The average Bonchev–Trinajstić information content (AvgIpc) is 3.11. The standard InChI is InChI=1S/C19H17F2N3O/c20-13-3-1-4-14(21)16(13)15-9-12-11-5-6-19(10-11,17(12)23-22-15)18(25)24-7-2-8-24/h1,3-4,9,11H,2,5-8,10H2/t11-,19-/m0/s1. The minimum Gasteiger partial charge on any atom is -0.342 e. The summed E-state index contributed by atoms with van der Waals surface area (Å²) >= 11 is 0. The highest BCUT2D eigenvalue weighted by molar-refractivity contribution is 5.90. The maximum atomic E-state index is 14.1. The Kier molecular flexibility index (Phi) is 3.03. The predicted molar refractivity (Wildman–Crippen MR) is 86.9 cm³/mol. The van der Waals surface area contributed by atoms with Crippen molar-refractivity contribution in [2.24, 2.45) is 0 Å². The first kappa shape index (κ1) is 14.9. The summed E-state index contributed by atoms with van der Waals surface area (Å²) in [5, 5.41) is 8.39. The largest absolute Gasteiger partial charge is 0.342 e. The van der Waals surface area contributed by atoms with Crippen molar-refractivity contribution in [3.8, 4) is 11.3 Å². The number of rotatable bonds is 2. The smallest absolute Gasteiger partial charge is 0.234 e. The normalized spacial score (nSPS) is 26.5. The summed E-state index contributed by atoms with van der Waals surface area (Å²) in [6, 6.07) is 5.50. The molecule has 3 aliphatic rings. The van der Waals surface area contributed by atoms with Crippen LogP contribution in [0.1, 0.15) is 42.9 Å². The van der Waals surface area contributed by atoms with E-state index in [0.29, 0.717) is 0 Å². The molecule has 1 saturated heterocycles. The van der Waals surface area contributed by atoms with Crippen LogP contribution in [0.3, 0.4) is 0 Å². The minimum absolute atomic E-state index is 0.149. The Bertz CT molecular complexity index is 876. The molecule has 0 unspecified atom stereocenters. The van der Waals surface area contributed by atoms with Crippen molar-refractivity contribution in [3.05, 3.63) is 47.2 Å². The van der Waals surface area contributed by atoms with Gasteiger partial charge >= 0.3 is 0 Å². The van der Waals surface area contributed by atoms with E-state index in [2.05, 4.69) is 10.2 Å². The minimum atomic E-state index is -0.649. The van der Waals surface area contributed by atoms with Crippen molar-refractivity contribution in [1.29, 1.82) is 0 Å². The van der Waals surface area contributed by atoms with E-state index in [1.165, 1.54) is 18.2 Å². The molecule has 2 fully saturated rings. The molecule has 25 heavy (non-hydrogen) atoms. The molecule has 128 valence electrons. The second-order valence-electron chi connectivity index (χ2n) is 7.30. The molecule has 2 bridgehead atoms. The van der Waals surface area contributed by atoms with Crippen LogP contribution in [0, 0.1) is 11.6 Å². The number of nitrogens with zero attached hydrogens (tertiary/aromatic N) is 3. The van der Waals surface area contributed by atoms with Crippen molar-refractivity contribution in [3.63, 3.8) is 0 Å². The van der Waals surface area contributed by atoms with Crippen LogP contribution in [0.15, 0.2) is 24.3 Å². The Hall–Kier alpha value is -2.37. The lowest BCUT2D eigenvalue weighted by Crippen LogP contribution is -2.51. The van der Waals surface area contributed by atoms with Crippen molar-refractivity contribution in [2.75, 3.05) is 13.1 Å². The summed E-state index contributed by atoms with van der Waals surface area (Å²) in [7, 11) is 0. The molecule has 1 aromatic heterocycles. The Morgan fingerprint density at radius 3 is 2.64 bits per heavy atom. The zero-order valence-electron chi connectivity index (χ0n) is 13.6. The monoisotopic (exact) mass is 341 g/mol. The molecular weight excluding hydrogens is 324 g/mol. The van der Waals surface area contributed by atoms with Crippen molar-refractivity contribution < 1.29 is 13.6 Å². The molecule has 0 N–H and O–H groups in total. The number of benzene rings is 1. The van der Waals surface area contributed by atoms with E-state index in [1.54, 1.807) is 6.07 Å². The first-order valence-electron chi connectivity index (χ1n) is 8.72. The molecule has 5 rings (SSSR count). The number of carbonyl (C=O) groups excluding carboxylic acids is 1. The van der Waals surface area contributed by atoms with E-state index in [-0.39, 0.29) is 23.1 Å². The quantitative estimate of drug-likeness (QED) is 0.843. The van der Waals surface area contributed by atoms with Crippen molar-refractivity contribution in [2.45, 2.75) is 37.0 Å². The van der Waals surface area contributed by atoms with Crippen molar-refractivity contribution in [1.82, 2.24) is 15.1 Å². The van der Waals surface area contributed by atoms with Crippen LogP contribution in [0.2, 0.25) is 0 Å². The average molecular weight is 341 g/mol. The van der Waals surface area contributed by atoms with Gasteiger partial charge in [-0.05, 0) is 55.4 Å². The molecule has 4 nitrogen and oxygen atoms in total. The first-order chi connectivity index (χ1) is 12.1. The van der Waals surface area contributed by atoms with Gasteiger partial charge in [0.15, 0.2) is 0 Å². The Morgan fingerprint density at radius 2 is 1.96 bits per heavy atom. The highest BCUT2D eigenvalue weighted by Gasteiger charge is 2.57. The van der Waals surface area contributed by atoms with Crippen LogP contribution >= 0.6 is 0 Å². The second-order valence-corrected chi connectivity index (χ2v) is 7.30. The molecule has 0 spiro atoms. The van der Waals surface area contributed by atoms with Crippen LogP contribution in [0.5, 0.6) is 0 Å². The fraction of sp³-hybridized carbons (Fsp3) is 0.421. The summed E-state index contributed by atoms with van der Waals surface area (Å²) in [5.74, 6) is -0.920. The highest BCUT2D eigenvalue weighted by Crippen LogP contribution is 2.57. The van der Waals surface area contributed by atoms with E-state index in [4.69, 9.17) is 0 Å². The number of amides is 1. The molecule has 0 radical (unpaired) electrons. The lowest BCUT2D eigenvalue weighted by Gasteiger charge is -2.38. The molecule has 1 aliphatic heterocycles. The number of likely N-dealkylation sites (tertiary alicyclic amines) is 1. The lowest BCUT2D eigenvalue weighted by molar-refractivity contribution is -0.140. The highest BCUT2D eigenvalue weighted by atomic mass is 19.1. The fourth-order valence-corrected chi connectivity index (χ4v) is 4.60. The summed E-state index contributed by atoms with van der Waals surface area (Å²) in [6.45, 7) is 1.62. The zero-order valence-corrected chi connectivity index (χ0v) is 13.6. The van der Waals surface area contributed by atoms with E-state index < -0.39 is 17.0 Å². The van der Waals surface area contributed by atoms with Gasteiger partial charge in [-0.2, -0.15) is 5.10 Å². The van der Waals surface area contributed by atoms with Gasteiger partial charge in [-0.1, -0.05) is 6.07 Å². The number of hydrogen-bond donors (Lipinski definition) is 0. The van der Waals surface area contributed by atoms with Gasteiger partial charge in [0.05, 0.1) is 22.4 Å². The van der Waals surface area contributed by atoms with Crippen molar-refractivity contribution >= 4 is 5.91 Å². The van der Waals surface area contributed by atoms with Gasteiger partial charge in [-0.25, -0.2) is 8.78 Å². The number of fused-ring (bicyclic) bond motifs is 5. The molecule has 2 aliphatic carbocycles. The first-order valence-corrected chi connectivity index (χ1v) is 8.72. The summed E-state index contributed by atoms with van der Waals surface area (Å²) in [4.78, 5) is 14.9. The van der Waals surface area contributed by atoms with Gasteiger partial charge in [0, 0.05) is 13.1 Å². The molecule has 2 atom stereocenters. The summed E-state index contributed by atoms with van der Waals surface area (Å²) in [6.07, 6.45) is 3.50. The molecule has 2 aromatic rings. The third-order valence-electron chi connectivity index (χ3n) is 6.00. The lowest BCUT2D eigenvalue weighted by atomic mass is 9.81. The van der Waals surface area contributed by atoms with E-state index in [9.17, 15) is 13.6 Å². The van der Waals surface area contributed by atoms with Crippen LogP contribution in [-0.4, -0.2) is 34.1 Å². The summed E-state index contributed by atoms with van der Waals surface area (Å²) in [5.41, 5.74) is 1.14. The molecule has 1 saturated carbocycles. The summed E-state index contributed by atoms with van der Waals surface area (Å²) < 4.78 is 28.1. The molecule has 6 heteroatoms. The Balaban J connectivity index is 1.60. The zero-order chi connectivity index (χ0) is 17.2. The van der Waals surface area contributed by atoms with Gasteiger partial charge in [0.1, 0.15) is 11.6 Å². The van der Waals surface area contributed by atoms with E-state index >= 15 is 0 Å². The third-order valence-corrected chi connectivity index (χ3v) is 6.00. The second kappa shape index (κ2) is 5.07. The van der Waals surface area contributed by atoms with E-state index in [0.717, 1.165) is 50.0 Å². The molecular formula is C19H17F2N3O. The van der Waals surface area contributed by atoms with Gasteiger partial charge in [0.2, 0.25) is 5.91 Å². The van der Waals surface area contributed by atoms with Crippen LogP contribution in [-0.2, 0) is 10.2 Å². The van der Waals surface area contributed by atoms with Crippen LogP contribution in [0.4, 0.5) is 8.78 Å². The maximum absolute atomic E-state index is 14.1. The van der Waals surface area contributed by atoms with Gasteiger partial charge in [-0.3, -0.25) is 4.79 Å². The number of halogens is 2. The van der Waals surface area contributed by atoms with Gasteiger partial charge in [-0.15, -0.1) is 5.10 Å². The number of hydrogen-bond acceptors (Lipinski definition) is 3. The third kappa shape index (κ3) is 1.94. The number of carbonyl (C=O) groups is 1. The topological polar surface area (TPSA) is 46.1 Å². The van der Waals surface area contributed by atoms with E-state index in [1.807, 2.05) is 4.90 Å². The van der Waals surface area contributed by atoms with Gasteiger partial charge in [0.25, 0.3) is 0 Å². The Morgan fingerprint density at radius 1 is 1.20 bits per heavy atom. The number of aromatic nitrogens is 2. The maximum Gasteiger partial charge on any atom is 0.234 e. The van der Waals surface area contributed by atoms with Crippen LogP contribution < -0.4 is 0 Å². The molecule has 1 amide bonds. The predicted octanol–water partition coefficient (Wildman–Crippen LogP) is 3.17. The molecule has 1 aromatic carbocycles.